The summed E-state index contributed by atoms with van der Waals surface area (Å²) in [5.41, 5.74) is 3.35. The molecule has 1 aromatic carbocycles. The van der Waals surface area contributed by atoms with Gasteiger partial charge in [0.2, 0.25) is 0 Å². The molecule has 2 aromatic heterocycles. The average molecular weight is 342 g/mol. The Kier molecular flexibility index (Phi) is 3.88. The number of hydrogen-bond acceptors (Lipinski definition) is 4. The van der Waals surface area contributed by atoms with Crippen LogP contribution in [0.4, 0.5) is 5.82 Å². The Balaban J connectivity index is 1.68. The van der Waals surface area contributed by atoms with Gasteiger partial charge in [0.15, 0.2) is 5.65 Å². The molecule has 5 nitrogen and oxygen atoms in total. The van der Waals surface area contributed by atoms with Crippen LogP contribution in [0.25, 0.3) is 11.0 Å². The van der Waals surface area contributed by atoms with E-state index < -0.39 is 0 Å². The minimum Gasteiger partial charge on any atom is -0.364 e. The molecule has 0 unspecified atom stereocenters. The molecule has 0 saturated heterocycles. The van der Waals surface area contributed by atoms with Crippen molar-refractivity contribution in [1.82, 2.24) is 20.2 Å². The second-order valence-corrected chi connectivity index (χ2v) is 7.15. The van der Waals surface area contributed by atoms with Crippen LogP contribution in [-0.4, -0.2) is 25.7 Å². The number of hydrogen-bond donors (Lipinski definition) is 2. The van der Waals surface area contributed by atoms with Crippen molar-refractivity contribution in [1.29, 1.82) is 0 Å². The molecule has 124 valence electrons. The second-order valence-electron chi connectivity index (χ2n) is 6.71. The summed E-state index contributed by atoms with van der Waals surface area (Å²) in [6, 6.07) is 6.14. The third kappa shape index (κ3) is 2.84. The summed E-state index contributed by atoms with van der Waals surface area (Å²) in [7, 11) is 0. The number of aromatic amines is 1. The minimum atomic E-state index is 0.00793. The summed E-state index contributed by atoms with van der Waals surface area (Å²) in [4.78, 5) is 8.68. The van der Waals surface area contributed by atoms with Gasteiger partial charge >= 0.3 is 0 Å². The Labute approximate surface area is 145 Å². The predicted molar refractivity (Wildman–Crippen MR) is 96.4 cm³/mol. The molecule has 0 bridgehead atoms. The SMILES string of the molecule is Cc1ccc(Cl)cc1CC1(Nc2ncnc3[nH]ncc23)CCCC1. The summed E-state index contributed by atoms with van der Waals surface area (Å²) in [5, 5.41) is 12.4. The zero-order valence-electron chi connectivity index (χ0n) is 13.6. The molecule has 4 rings (SSSR count). The Morgan fingerprint density at radius 2 is 2.08 bits per heavy atom. The van der Waals surface area contributed by atoms with Gasteiger partial charge in [-0.1, -0.05) is 30.5 Å². The van der Waals surface area contributed by atoms with E-state index >= 15 is 0 Å². The van der Waals surface area contributed by atoms with Crippen LogP contribution in [0.5, 0.6) is 0 Å². The van der Waals surface area contributed by atoms with Crippen molar-refractivity contribution in [3.8, 4) is 0 Å². The van der Waals surface area contributed by atoms with Gasteiger partial charge in [0.25, 0.3) is 0 Å². The Bertz CT molecular complexity index is 867. The van der Waals surface area contributed by atoms with Gasteiger partial charge in [-0.2, -0.15) is 5.10 Å². The van der Waals surface area contributed by atoms with Gasteiger partial charge in [-0.25, -0.2) is 9.97 Å². The first-order valence-electron chi connectivity index (χ1n) is 8.33. The number of nitrogens with zero attached hydrogens (tertiary/aromatic N) is 3. The summed E-state index contributed by atoms with van der Waals surface area (Å²) in [6.07, 6.45) is 9.02. The molecule has 0 spiro atoms. The quantitative estimate of drug-likeness (QED) is 0.743. The van der Waals surface area contributed by atoms with Crippen molar-refractivity contribution in [3.63, 3.8) is 0 Å². The average Bonchev–Trinajstić information content (AvgIpc) is 3.21. The van der Waals surface area contributed by atoms with E-state index in [0.29, 0.717) is 0 Å². The molecule has 2 N–H and O–H groups in total. The molecule has 6 heteroatoms. The van der Waals surface area contributed by atoms with Crippen LogP contribution in [0.2, 0.25) is 5.02 Å². The van der Waals surface area contributed by atoms with Crippen molar-refractivity contribution in [3.05, 3.63) is 46.9 Å². The lowest BCUT2D eigenvalue weighted by Crippen LogP contribution is -2.38. The van der Waals surface area contributed by atoms with Crippen LogP contribution in [0.15, 0.2) is 30.7 Å². The zero-order chi connectivity index (χ0) is 16.6. The first-order chi connectivity index (χ1) is 11.7. The molecule has 1 aliphatic carbocycles. The van der Waals surface area contributed by atoms with Crippen LogP contribution in [0, 0.1) is 6.92 Å². The number of aryl methyl sites for hydroxylation is 1. The minimum absolute atomic E-state index is 0.00793. The van der Waals surface area contributed by atoms with Gasteiger partial charge < -0.3 is 5.32 Å². The highest BCUT2D eigenvalue weighted by Gasteiger charge is 2.35. The molecule has 1 saturated carbocycles. The maximum atomic E-state index is 6.22. The van der Waals surface area contributed by atoms with Crippen molar-refractivity contribution < 1.29 is 0 Å². The molecule has 0 amide bonds. The number of aromatic nitrogens is 4. The third-order valence-electron chi connectivity index (χ3n) is 5.03. The number of benzene rings is 1. The summed E-state index contributed by atoms with van der Waals surface area (Å²) < 4.78 is 0. The molecular weight excluding hydrogens is 322 g/mol. The van der Waals surface area contributed by atoms with Crippen molar-refractivity contribution in [2.24, 2.45) is 0 Å². The fourth-order valence-corrected chi connectivity index (χ4v) is 3.90. The van der Waals surface area contributed by atoms with Gasteiger partial charge in [0, 0.05) is 10.6 Å². The maximum absolute atomic E-state index is 6.22. The zero-order valence-corrected chi connectivity index (χ0v) is 14.4. The molecule has 0 atom stereocenters. The second kappa shape index (κ2) is 6.06. The molecule has 1 fully saturated rings. The predicted octanol–water partition coefficient (Wildman–Crippen LogP) is 4.28. The Hall–Kier alpha value is -2.14. The van der Waals surface area contributed by atoms with E-state index in [0.717, 1.165) is 41.1 Å². The van der Waals surface area contributed by atoms with Crippen molar-refractivity contribution in [2.75, 3.05) is 5.32 Å². The van der Waals surface area contributed by atoms with Gasteiger partial charge in [0.05, 0.1) is 11.6 Å². The van der Waals surface area contributed by atoms with Gasteiger partial charge in [-0.15, -0.1) is 0 Å². The summed E-state index contributed by atoms with van der Waals surface area (Å²) in [6.45, 7) is 2.15. The largest absolute Gasteiger partial charge is 0.364 e. The standard InChI is InChI=1S/C18H20ClN5/c1-12-4-5-14(19)8-13(12)9-18(6-2-3-7-18)23-16-15-10-22-24-17(15)21-11-20-16/h4-5,8,10-11H,2-3,6-7,9H2,1H3,(H2,20,21,22,23,24). The first kappa shape index (κ1) is 15.4. The van der Waals surface area contributed by atoms with E-state index in [1.807, 2.05) is 6.07 Å². The number of anilines is 1. The van der Waals surface area contributed by atoms with E-state index in [-0.39, 0.29) is 5.54 Å². The van der Waals surface area contributed by atoms with E-state index in [9.17, 15) is 0 Å². The fraction of sp³-hybridized carbons (Fsp3) is 0.389. The lowest BCUT2D eigenvalue weighted by Gasteiger charge is -2.32. The number of rotatable bonds is 4. The highest BCUT2D eigenvalue weighted by molar-refractivity contribution is 6.30. The van der Waals surface area contributed by atoms with E-state index in [1.165, 1.54) is 24.0 Å². The Morgan fingerprint density at radius 1 is 1.25 bits per heavy atom. The van der Waals surface area contributed by atoms with Crippen molar-refractivity contribution in [2.45, 2.75) is 44.6 Å². The molecule has 0 radical (unpaired) electrons. The van der Waals surface area contributed by atoms with Crippen molar-refractivity contribution >= 4 is 28.5 Å². The monoisotopic (exact) mass is 341 g/mol. The topological polar surface area (TPSA) is 66.5 Å². The van der Waals surface area contributed by atoms with Gasteiger partial charge in [-0.05, 0) is 49.4 Å². The first-order valence-corrected chi connectivity index (χ1v) is 8.70. The number of halogens is 1. The summed E-state index contributed by atoms with van der Waals surface area (Å²) in [5.74, 6) is 0.857. The lowest BCUT2D eigenvalue weighted by molar-refractivity contribution is 0.476. The van der Waals surface area contributed by atoms with Gasteiger partial charge in [-0.3, -0.25) is 5.10 Å². The van der Waals surface area contributed by atoms with E-state index in [1.54, 1.807) is 12.5 Å². The smallest absolute Gasteiger partial charge is 0.160 e. The van der Waals surface area contributed by atoms with Crippen LogP contribution in [0.1, 0.15) is 36.8 Å². The van der Waals surface area contributed by atoms with Crippen LogP contribution in [0.3, 0.4) is 0 Å². The van der Waals surface area contributed by atoms with Crippen LogP contribution >= 0.6 is 11.6 Å². The Morgan fingerprint density at radius 3 is 2.92 bits per heavy atom. The molecule has 1 aliphatic rings. The number of fused-ring (bicyclic) bond motifs is 1. The van der Waals surface area contributed by atoms with Crippen LogP contribution < -0.4 is 5.32 Å². The maximum Gasteiger partial charge on any atom is 0.160 e. The van der Waals surface area contributed by atoms with Crippen LogP contribution in [-0.2, 0) is 6.42 Å². The third-order valence-corrected chi connectivity index (χ3v) is 5.27. The molecule has 0 aliphatic heterocycles. The molecular formula is C18H20ClN5. The number of H-pyrrole nitrogens is 1. The summed E-state index contributed by atoms with van der Waals surface area (Å²) >= 11 is 6.22. The molecule has 24 heavy (non-hydrogen) atoms. The lowest BCUT2D eigenvalue weighted by atomic mass is 9.87. The number of nitrogens with one attached hydrogen (secondary N) is 2. The fourth-order valence-electron chi connectivity index (χ4n) is 3.71. The normalized spacial score (nSPS) is 16.6. The highest BCUT2D eigenvalue weighted by Crippen LogP contribution is 2.37. The van der Waals surface area contributed by atoms with E-state index in [2.05, 4.69) is 44.5 Å². The highest BCUT2D eigenvalue weighted by atomic mass is 35.5. The molecule has 2 heterocycles. The van der Waals surface area contributed by atoms with Gasteiger partial charge in [0.1, 0.15) is 12.1 Å². The van der Waals surface area contributed by atoms with E-state index in [4.69, 9.17) is 11.6 Å². The molecule has 3 aromatic rings.